The van der Waals surface area contributed by atoms with E-state index in [0.29, 0.717) is 18.8 Å². The van der Waals surface area contributed by atoms with Crippen LogP contribution in [0.3, 0.4) is 0 Å². The molecule has 2 aromatic rings. The monoisotopic (exact) mass is 422 g/mol. The molecule has 29 heavy (non-hydrogen) atoms. The number of rotatable bonds is 8. The number of nitrogens with one attached hydrogen (secondary N) is 1. The first-order valence-corrected chi connectivity index (χ1v) is 10.5. The van der Waals surface area contributed by atoms with Crippen molar-refractivity contribution in [3.05, 3.63) is 53.8 Å². The first-order chi connectivity index (χ1) is 13.8. The summed E-state index contributed by atoms with van der Waals surface area (Å²) in [5.74, 6) is 0.0555. The van der Waals surface area contributed by atoms with Gasteiger partial charge in [-0.25, -0.2) is 17.5 Å². The lowest BCUT2D eigenvalue weighted by molar-refractivity contribution is -0.128. The highest BCUT2D eigenvalue weighted by molar-refractivity contribution is 7.89. The Morgan fingerprint density at radius 2 is 1.86 bits per heavy atom. The molecular weight excluding hydrogens is 399 g/mol. The van der Waals surface area contributed by atoms with E-state index < -0.39 is 10.0 Å². The van der Waals surface area contributed by atoms with Gasteiger partial charge in [-0.2, -0.15) is 0 Å². The number of benzene rings is 2. The number of likely N-dealkylation sites (tertiary alicyclic amines) is 1. The van der Waals surface area contributed by atoms with Crippen LogP contribution in [0.25, 0.3) is 0 Å². The lowest BCUT2D eigenvalue weighted by Gasteiger charge is -2.17. The van der Waals surface area contributed by atoms with Crippen molar-refractivity contribution in [1.29, 1.82) is 0 Å². The number of carbonyl (C=O) groups excluding carboxylic acids is 1. The average molecular weight is 422 g/mol. The third-order valence-corrected chi connectivity index (χ3v) is 6.25. The predicted octanol–water partition coefficient (Wildman–Crippen LogP) is 2.17. The van der Waals surface area contributed by atoms with Crippen LogP contribution >= 0.6 is 0 Å². The second kappa shape index (κ2) is 8.79. The van der Waals surface area contributed by atoms with E-state index in [1.165, 1.54) is 38.5 Å². The van der Waals surface area contributed by atoms with Gasteiger partial charge in [0.15, 0.2) is 0 Å². The van der Waals surface area contributed by atoms with Crippen molar-refractivity contribution in [2.75, 3.05) is 27.3 Å². The minimum atomic E-state index is -3.85. The number of sulfonamides is 1. The molecule has 1 atom stereocenters. The first kappa shape index (κ1) is 21.1. The van der Waals surface area contributed by atoms with Crippen molar-refractivity contribution in [2.24, 2.45) is 5.92 Å². The highest BCUT2D eigenvalue weighted by Gasteiger charge is 2.31. The molecule has 0 unspecified atom stereocenters. The van der Waals surface area contributed by atoms with Crippen molar-refractivity contribution in [3.63, 3.8) is 0 Å². The molecule has 1 N–H and O–H groups in total. The summed E-state index contributed by atoms with van der Waals surface area (Å²) in [6.07, 6.45) is 0.249. The molecule has 1 saturated heterocycles. The molecule has 1 aliphatic heterocycles. The number of hydrogen-bond donors (Lipinski definition) is 1. The third kappa shape index (κ3) is 5.04. The van der Waals surface area contributed by atoms with Gasteiger partial charge in [-0.3, -0.25) is 4.79 Å². The highest BCUT2D eigenvalue weighted by Crippen LogP contribution is 2.28. The van der Waals surface area contributed by atoms with Gasteiger partial charge in [0.05, 0.1) is 14.2 Å². The van der Waals surface area contributed by atoms with Gasteiger partial charge in [-0.1, -0.05) is 12.1 Å². The molecule has 1 fully saturated rings. The summed E-state index contributed by atoms with van der Waals surface area (Å²) in [5.41, 5.74) is 0.821. The Hall–Kier alpha value is -2.65. The molecule has 0 aromatic heterocycles. The lowest BCUT2D eigenvalue weighted by atomic mass is 10.1. The number of halogens is 1. The van der Waals surface area contributed by atoms with Gasteiger partial charge in [0.1, 0.15) is 22.2 Å². The second-order valence-corrected chi connectivity index (χ2v) is 8.57. The summed E-state index contributed by atoms with van der Waals surface area (Å²) in [6.45, 7) is 0.911. The maximum atomic E-state index is 13.0. The summed E-state index contributed by atoms with van der Waals surface area (Å²) in [7, 11) is -1.01. The second-order valence-electron chi connectivity index (χ2n) is 6.84. The summed E-state index contributed by atoms with van der Waals surface area (Å²) in [4.78, 5) is 13.9. The average Bonchev–Trinajstić information content (AvgIpc) is 3.07. The maximum absolute atomic E-state index is 13.0. The largest absolute Gasteiger partial charge is 0.497 e. The maximum Gasteiger partial charge on any atom is 0.244 e. The number of amides is 1. The van der Waals surface area contributed by atoms with E-state index in [-0.39, 0.29) is 41.3 Å². The van der Waals surface area contributed by atoms with E-state index in [2.05, 4.69) is 4.72 Å². The fourth-order valence-electron chi connectivity index (χ4n) is 3.25. The van der Waals surface area contributed by atoms with Crippen LogP contribution in [0.1, 0.15) is 12.0 Å². The molecule has 0 aliphatic carbocycles. The molecule has 1 heterocycles. The first-order valence-electron chi connectivity index (χ1n) is 9.06. The Morgan fingerprint density at radius 1 is 1.14 bits per heavy atom. The predicted molar refractivity (Wildman–Crippen MR) is 105 cm³/mol. The van der Waals surface area contributed by atoms with E-state index >= 15 is 0 Å². The molecule has 1 aliphatic rings. The van der Waals surface area contributed by atoms with Crippen LogP contribution in [-0.4, -0.2) is 46.5 Å². The number of methoxy groups -OCH3 is 2. The van der Waals surface area contributed by atoms with Crippen LogP contribution in [0.5, 0.6) is 11.5 Å². The Kier molecular flexibility index (Phi) is 6.39. The summed E-state index contributed by atoms with van der Waals surface area (Å²) < 4.78 is 51.3. The lowest BCUT2D eigenvalue weighted by Crippen LogP contribution is -2.31. The van der Waals surface area contributed by atoms with E-state index in [1.807, 2.05) is 0 Å². The van der Waals surface area contributed by atoms with Gasteiger partial charge >= 0.3 is 0 Å². The number of hydrogen-bond acceptors (Lipinski definition) is 5. The Morgan fingerprint density at radius 3 is 2.52 bits per heavy atom. The molecule has 156 valence electrons. The molecule has 1 amide bonds. The van der Waals surface area contributed by atoms with Gasteiger partial charge in [0.2, 0.25) is 15.9 Å². The van der Waals surface area contributed by atoms with Gasteiger partial charge < -0.3 is 14.4 Å². The Labute approximate surface area is 169 Å². The zero-order chi connectivity index (χ0) is 21.0. The van der Waals surface area contributed by atoms with E-state index in [4.69, 9.17) is 9.47 Å². The third-order valence-electron chi connectivity index (χ3n) is 4.80. The van der Waals surface area contributed by atoms with Gasteiger partial charge in [-0.15, -0.1) is 0 Å². The van der Waals surface area contributed by atoms with Crippen LogP contribution in [-0.2, 0) is 21.4 Å². The molecule has 0 bridgehead atoms. The molecule has 0 saturated carbocycles. The van der Waals surface area contributed by atoms with Crippen molar-refractivity contribution in [3.8, 4) is 11.5 Å². The Bertz CT molecular complexity index is 979. The minimum Gasteiger partial charge on any atom is -0.497 e. The molecule has 2 aromatic carbocycles. The van der Waals surface area contributed by atoms with Gasteiger partial charge in [-0.05, 0) is 35.7 Å². The van der Waals surface area contributed by atoms with Crippen LogP contribution in [0, 0.1) is 11.7 Å². The summed E-state index contributed by atoms with van der Waals surface area (Å²) >= 11 is 0. The topological polar surface area (TPSA) is 84.9 Å². The minimum absolute atomic E-state index is 0.0214. The standard InChI is InChI=1S/C20H23FN2O5S/c1-27-17-7-8-18(28-2)19(10-17)29(25,26)22-11-15-9-20(24)23(13-15)12-14-3-5-16(21)6-4-14/h3-8,10,15,22H,9,11-13H2,1-2H3/t15-/m1/s1. The zero-order valence-electron chi connectivity index (χ0n) is 16.2. The number of carbonyl (C=O) groups is 1. The van der Waals surface area contributed by atoms with E-state index in [1.54, 1.807) is 23.1 Å². The van der Waals surface area contributed by atoms with Crippen molar-refractivity contribution < 1.29 is 27.1 Å². The van der Waals surface area contributed by atoms with Crippen LogP contribution in [0.2, 0.25) is 0 Å². The summed E-state index contributed by atoms with van der Waals surface area (Å²) in [6, 6.07) is 10.5. The summed E-state index contributed by atoms with van der Waals surface area (Å²) in [5, 5.41) is 0. The van der Waals surface area contributed by atoms with Gasteiger partial charge in [0, 0.05) is 32.1 Å². The zero-order valence-corrected chi connectivity index (χ0v) is 17.0. The van der Waals surface area contributed by atoms with Crippen LogP contribution in [0.15, 0.2) is 47.4 Å². The van der Waals surface area contributed by atoms with Gasteiger partial charge in [0.25, 0.3) is 0 Å². The number of nitrogens with zero attached hydrogens (tertiary/aromatic N) is 1. The molecule has 7 nitrogen and oxygen atoms in total. The highest BCUT2D eigenvalue weighted by atomic mass is 32.2. The fraction of sp³-hybridized carbons (Fsp3) is 0.350. The van der Waals surface area contributed by atoms with Crippen LogP contribution < -0.4 is 14.2 Å². The molecule has 0 spiro atoms. The fourth-order valence-corrected chi connectivity index (χ4v) is 4.55. The smallest absolute Gasteiger partial charge is 0.244 e. The van der Waals surface area contributed by atoms with Crippen molar-refractivity contribution in [1.82, 2.24) is 9.62 Å². The van der Waals surface area contributed by atoms with Crippen molar-refractivity contribution in [2.45, 2.75) is 17.9 Å². The molecule has 3 rings (SSSR count). The van der Waals surface area contributed by atoms with Crippen LogP contribution in [0.4, 0.5) is 4.39 Å². The molecule has 9 heteroatoms. The van der Waals surface area contributed by atoms with E-state index in [0.717, 1.165) is 5.56 Å². The number of ether oxygens (including phenoxy) is 2. The van der Waals surface area contributed by atoms with Crippen molar-refractivity contribution >= 4 is 15.9 Å². The quantitative estimate of drug-likeness (QED) is 0.705. The Balaban J connectivity index is 1.64. The molecule has 0 radical (unpaired) electrons. The normalized spacial score (nSPS) is 16.9. The SMILES string of the molecule is COc1ccc(OC)c(S(=O)(=O)NC[C@H]2CC(=O)N(Cc3ccc(F)cc3)C2)c1. The van der Waals surface area contributed by atoms with E-state index in [9.17, 15) is 17.6 Å². The molecular formula is C20H23FN2O5S.